The molecule has 5 nitrogen and oxygen atoms in total. The third-order valence-electron chi connectivity index (χ3n) is 2.37. The molecular formula is C11H6F4N2O3. The molecule has 1 aromatic carbocycles. The molecule has 0 saturated carbocycles. The summed E-state index contributed by atoms with van der Waals surface area (Å²) in [6.45, 7) is 0. The van der Waals surface area contributed by atoms with Gasteiger partial charge in [0.1, 0.15) is 0 Å². The van der Waals surface area contributed by atoms with E-state index >= 15 is 0 Å². The van der Waals surface area contributed by atoms with Crippen LogP contribution in [-0.2, 0) is 5.92 Å². The van der Waals surface area contributed by atoms with Crippen molar-refractivity contribution in [1.82, 2.24) is 10.2 Å². The average Bonchev–Trinajstić information content (AvgIpc) is 2.88. The molecule has 0 amide bonds. The van der Waals surface area contributed by atoms with Crippen LogP contribution in [-0.4, -0.2) is 27.7 Å². The van der Waals surface area contributed by atoms with Crippen molar-refractivity contribution in [3.63, 3.8) is 0 Å². The van der Waals surface area contributed by atoms with Gasteiger partial charge in [0.2, 0.25) is 5.89 Å². The molecule has 0 radical (unpaired) electrons. The Hall–Kier alpha value is -2.45. The lowest BCUT2D eigenvalue weighted by molar-refractivity contribution is -0.150. The van der Waals surface area contributed by atoms with Gasteiger partial charge in [0.15, 0.2) is 0 Å². The highest BCUT2D eigenvalue weighted by Gasteiger charge is 2.48. The highest BCUT2D eigenvalue weighted by atomic mass is 19.3. The minimum atomic E-state index is -4.59. The van der Waals surface area contributed by atoms with Crippen molar-refractivity contribution in [3.05, 3.63) is 35.7 Å². The number of benzene rings is 1. The number of carboxylic acids is 1. The number of aromatic carboxylic acids is 1. The van der Waals surface area contributed by atoms with E-state index in [1.54, 1.807) is 0 Å². The lowest BCUT2D eigenvalue weighted by Gasteiger charge is -2.09. The van der Waals surface area contributed by atoms with Crippen molar-refractivity contribution in [1.29, 1.82) is 0 Å². The van der Waals surface area contributed by atoms with E-state index in [4.69, 9.17) is 5.11 Å². The molecule has 0 aliphatic carbocycles. The van der Waals surface area contributed by atoms with Crippen LogP contribution >= 0.6 is 0 Å². The maximum atomic E-state index is 13.0. The van der Waals surface area contributed by atoms with Gasteiger partial charge in [-0.2, -0.15) is 8.78 Å². The Labute approximate surface area is 108 Å². The van der Waals surface area contributed by atoms with E-state index in [9.17, 15) is 22.4 Å². The predicted molar refractivity (Wildman–Crippen MR) is 56.6 cm³/mol. The summed E-state index contributed by atoms with van der Waals surface area (Å²) in [6.07, 6.45) is -4.01. The van der Waals surface area contributed by atoms with E-state index in [0.29, 0.717) is 0 Å². The van der Waals surface area contributed by atoms with Crippen LogP contribution in [0.2, 0.25) is 0 Å². The van der Waals surface area contributed by atoms with Crippen LogP contribution in [0.25, 0.3) is 11.5 Å². The topological polar surface area (TPSA) is 76.2 Å². The van der Waals surface area contributed by atoms with E-state index in [0.717, 1.165) is 0 Å². The second-order valence-electron chi connectivity index (χ2n) is 3.69. The summed E-state index contributed by atoms with van der Waals surface area (Å²) in [4.78, 5) is 10.9. The number of carboxylic acid groups (broad SMARTS) is 1. The van der Waals surface area contributed by atoms with E-state index in [1.807, 2.05) is 0 Å². The Morgan fingerprint density at radius 3 is 2.50 bits per heavy atom. The van der Waals surface area contributed by atoms with Crippen molar-refractivity contribution in [2.45, 2.75) is 12.3 Å². The van der Waals surface area contributed by atoms with Crippen molar-refractivity contribution >= 4 is 5.97 Å². The summed E-state index contributed by atoms with van der Waals surface area (Å²) in [6, 6.07) is 5.24. The molecule has 0 spiro atoms. The van der Waals surface area contributed by atoms with Crippen LogP contribution in [0.4, 0.5) is 17.6 Å². The summed E-state index contributed by atoms with van der Waals surface area (Å²) in [5.74, 6) is -8.08. The van der Waals surface area contributed by atoms with E-state index < -0.39 is 30.1 Å². The molecule has 2 aromatic rings. The highest BCUT2D eigenvalue weighted by Crippen LogP contribution is 2.35. The molecule has 1 aromatic heterocycles. The van der Waals surface area contributed by atoms with Crippen molar-refractivity contribution in [2.75, 3.05) is 0 Å². The highest BCUT2D eigenvalue weighted by molar-refractivity contribution is 5.94. The number of nitrogens with zero attached hydrogens (tertiary/aromatic N) is 2. The first-order valence-corrected chi connectivity index (χ1v) is 5.16. The summed E-state index contributed by atoms with van der Waals surface area (Å²) >= 11 is 0. The fraction of sp³-hybridized carbons (Fsp3) is 0.182. The summed E-state index contributed by atoms with van der Waals surface area (Å²) in [5, 5.41) is 15.0. The summed E-state index contributed by atoms with van der Waals surface area (Å²) in [5.41, 5.74) is -0.410. The molecule has 2 rings (SSSR count). The number of hydrogen-bond acceptors (Lipinski definition) is 4. The minimum Gasteiger partial charge on any atom is -0.478 e. The maximum absolute atomic E-state index is 13.0. The fourth-order valence-electron chi connectivity index (χ4n) is 1.42. The molecule has 0 aliphatic heterocycles. The minimum absolute atomic E-state index is 0.135. The smallest absolute Gasteiger partial charge is 0.382 e. The Balaban J connectivity index is 2.47. The van der Waals surface area contributed by atoms with Crippen LogP contribution < -0.4 is 0 Å². The average molecular weight is 290 g/mol. The standard InChI is InChI=1S/C11H6F4N2O3/c12-9(13)11(14,15)10-17-16-7(20-10)5-3-1-2-4-6(5)8(18)19/h1-4,9H,(H,18,19). The van der Waals surface area contributed by atoms with E-state index in [1.165, 1.54) is 24.3 Å². The summed E-state index contributed by atoms with van der Waals surface area (Å²) < 4.78 is 54.8. The molecule has 0 saturated heterocycles. The SMILES string of the molecule is O=C(O)c1ccccc1-c1nnc(C(F)(F)C(F)F)o1. The van der Waals surface area contributed by atoms with Gasteiger partial charge >= 0.3 is 18.3 Å². The quantitative estimate of drug-likeness (QED) is 0.876. The first-order chi connectivity index (χ1) is 9.34. The Morgan fingerprint density at radius 2 is 1.90 bits per heavy atom. The van der Waals surface area contributed by atoms with Crippen molar-refractivity contribution in [3.8, 4) is 11.5 Å². The number of hydrogen-bond donors (Lipinski definition) is 1. The third kappa shape index (κ3) is 2.33. The molecule has 0 bridgehead atoms. The zero-order valence-corrected chi connectivity index (χ0v) is 9.56. The fourth-order valence-corrected chi connectivity index (χ4v) is 1.42. The van der Waals surface area contributed by atoms with Gasteiger partial charge < -0.3 is 9.52 Å². The van der Waals surface area contributed by atoms with Gasteiger partial charge in [-0.05, 0) is 12.1 Å². The summed E-state index contributed by atoms with van der Waals surface area (Å²) in [7, 11) is 0. The Bertz CT molecular complexity index is 642. The molecule has 1 heterocycles. The molecule has 9 heteroatoms. The van der Waals surface area contributed by atoms with E-state index in [2.05, 4.69) is 14.6 Å². The molecule has 0 fully saturated rings. The zero-order chi connectivity index (χ0) is 14.9. The van der Waals surface area contributed by atoms with Crippen LogP contribution in [0, 0.1) is 0 Å². The molecule has 0 atom stereocenters. The molecule has 0 unspecified atom stereocenters. The zero-order valence-electron chi connectivity index (χ0n) is 9.56. The predicted octanol–water partition coefficient (Wildman–Crippen LogP) is 2.79. The second kappa shape index (κ2) is 4.91. The number of aromatic nitrogens is 2. The number of alkyl halides is 4. The van der Waals surface area contributed by atoms with Gasteiger partial charge in [0, 0.05) is 0 Å². The van der Waals surface area contributed by atoms with Gasteiger partial charge in [-0.1, -0.05) is 12.1 Å². The van der Waals surface area contributed by atoms with E-state index in [-0.39, 0.29) is 11.1 Å². The monoisotopic (exact) mass is 290 g/mol. The van der Waals surface area contributed by atoms with Gasteiger partial charge in [-0.15, -0.1) is 10.2 Å². The number of carbonyl (C=O) groups is 1. The number of halogens is 4. The molecule has 20 heavy (non-hydrogen) atoms. The third-order valence-corrected chi connectivity index (χ3v) is 2.37. The first-order valence-electron chi connectivity index (χ1n) is 5.16. The first kappa shape index (κ1) is 14.0. The molecular weight excluding hydrogens is 284 g/mol. The normalized spacial score (nSPS) is 11.8. The molecule has 106 valence electrons. The molecule has 1 N–H and O–H groups in total. The van der Waals surface area contributed by atoms with Gasteiger partial charge in [-0.25, -0.2) is 13.6 Å². The number of rotatable bonds is 4. The second-order valence-corrected chi connectivity index (χ2v) is 3.69. The maximum Gasteiger partial charge on any atom is 0.382 e. The van der Waals surface area contributed by atoms with Crippen LogP contribution in [0.1, 0.15) is 16.2 Å². The van der Waals surface area contributed by atoms with Gasteiger partial charge in [0.25, 0.3) is 5.89 Å². The molecule has 0 aliphatic rings. The lowest BCUT2D eigenvalue weighted by Crippen LogP contribution is -2.23. The largest absolute Gasteiger partial charge is 0.478 e. The van der Waals surface area contributed by atoms with Crippen molar-refractivity contribution < 1.29 is 31.9 Å². The lowest BCUT2D eigenvalue weighted by atomic mass is 10.1. The van der Waals surface area contributed by atoms with Crippen molar-refractivity contribution in [2.24, 2.45) is 0 Å². The Kier molecular flexibility index (Phi) is 3.43. The van der Waals surface area contributed by atoms with Gasteiger partial charge in [0.05, 0.1) is 11.1 Å². The van der Waals surface area contributed by atoms with Gasteiger partial charge in [-0.3, -0.25) is 0 Å². The Morgan fingerprint density at radius 1 is 1.25 bits per heavy atom. The van der Waals surface area contributed by atoms with Crippen LogP contribution in [0.5, 0.6) is 0 Å². The van der Waals surface area contributed by atoms with Crippen LogP contribution in [0.3, 0.4) is 0 Å². The van der Waals surface area contributed by atoms with Crippen LogP contribution in [0.15, 0.2) is 28.7 Å².